The van der Waals surface area contributed by atoms with Gasteiger partial charge in [0.1, 0.15) is 0 Å². The van der Waals surface area contributed by atoms with E-state index in [9.17, 15) is 0 Å². The number of benzene rings is 9. The maximum Gasteiger partial charge on any atom is 0.0468 e. The van der Waals surface area contributed by atoms with Gasteiger partial charge in [-0.05, 0) is 123 Å². The molecule has 60 heavy (non-hydrogen) atoms. The van der Waals surface area contributed by atoms with Crippen LogP contribution in [-0.4, -0.2) is 0 Å². The molecule has 0 radical (unpaired) electrons. The van der Waals surface area contributed by atoms with Gasteiger partial charge in [0.2, 0.25) is 0 Å². The van der Waals surface area contributed by atoms with Crippen LogP contribution >= 0.6 is 11.3 Å². The summed E-state index contributed by atoms with van der Waals surface area (Å²) in [5.74, 6) is 0. The van der Waals surface area contributed by atoms with Crippen LogP contribution in [0.15, 0.2) is 212 Å². The smallest absolute Gasteiger partial charge is 0.0468 e. The minimum absolute atomic E-state index is 0.265. The van der Waals surface area contributed by atoms with Crippen LogP contribution in [0, 0.1) is 0 Å². The van der Waals surface area contributed by atoms with Gasteiger partial charge in [-0.3, -0.25) is 0 Å². The van der Waals surface area contributed by atoms with Crippen molar-refractivity contribution in [2.75, 3.05) is 4.90 Å². The number of hydrogen-bond donors (Lipinski definition) is 0. The Hall–Kier alpha value is -7.00. The Morgan fingerprint density at radius 2 is 0.817 bits per heavy atom. The monoisotopic (exact) mass is 783 g/mol. The highest BCUT2D eigenvalue weighted by Crippen LogP contribution is 2.56. The number of nitrogens with zero attached hydrogens (tertiary/aromatic N) is 1. The van der Waals surface area contributed by atoms with Gasteiger partial charge in [-0.15, -0.1) is 11.3 Å². The van der Waals surface area contributed by atoms with E-state index in [1.54, 1.807) is 0 Å². The maximum absolute atomic E-state index is 2.48. The molecule has 10 aromatic rings. The van der Waals surface area contributed by atoms with Gasteiger partial charge in [0.25, 0.3) is 0 Å². The third kappa shape index (κ3) is 4.98. The molecule has 1 nitrogen and oxygen atoms in total. The lowest BCUT2D eigenvalue weighted by atomic mass is 9.74. The molecule has 12 rings (SSSR count). The van der Waals surface area contributed by atoms with Crippen LogP contribution in [-0.2, 0) is 10.8 Å². The van der Waals surface area contributed by atoms with Crippen molar-refractivity contribution < 1.29 is 0 Å². The summed E-state index contributed by atoms with van der Waals surface area (Å²) in [5.41, 5.74) is 18.5. The van der Waals surface area contributed by atoms with Crippen LogP contribution in [0.1, 0.15) is 47.2 Å². The summed E-state index contributed by atoms with van der Waals surface area (Å²) in [5, 5.41) is 2.63. The molecule has 0 saturated carbocycles. The largest absolute Gasteiger partial charge is 0.310 e. The van der Waals surface area contributed by atoms with E-state index in [4.69, 9.17) is 0 Å². The van der Waals surface area contributed by atoms with Crippen molar-refractivity contribution in [3.05, 3.63) is 246 Å². The Morgan fingerprint density at radius 1 is 0.350 bits per heavy atom. The first-order valence-electron chi connectivity index (χ1n) is 20.9. The van der Waals surface area contributed by atoms with Gasteiger partial charge in [0.15, 0.2) is 0 Å². The van der Waals surface area contributed by atoms with Gasteiger partial charge >= 0.3 is 0 Å². The summed E-state index contributed by atoms with van der Waals surface area (Å²) < 4.78 is 2.64. The van der Waals surface area contributed by atoms with E-state index in [1.807, 2.05) is 11.3 Å². The molecule has 1 aromatic heterocycles. The summed E-state index contributed by atoms with van der Waals surface area (Å²) in [6.07, 6.45) is 0. The zero-order valence-electron chi connectivity index (χ0n) is 33.6. The molecule has 0 N–H and O–H groups in total. The Labute approximate surface area is 355 Å². The molecule has 2 heteroatoms. The van der Waals surface area contributed by atoms with Gasteiger partial charge in [-0.1, -0.05) is 170 Å². The predicted molar refractivity (Wildman–Crippen MR) is 254 cm³/mol. The first kappa shape index (κ1) is 35.0. The van der Waals surface area contributed by atoms with Crippen LogP contribution in [0.2, 0.25) is 0 Å². The Balaban J connectivity index is 1.08. The number of thiophene rings is 1. The predicted octanol–water partition coefficient (Wildman–Crippen LogP) is 15.9. The van der Waals surface area contributed by atoms with Gasteiger partial charge in [-0.25, -0.2) is 0 Å². The second-order valence-corrected chi connectivity index (χ2v) is 17.8. The summed E-state index contributed by atoms with van der Waals surface area (Å²) in [7, 11) is 0. The summed E-state index contributed by atoms with van der Waals surface area (Å²) in [6.45, 7) is 4.79. The van der Waals surface area contributed by atoms with Crippen molar-refractivity contribution in [3.8, 4) is 33.4 Å². The van der Waals surface area contributed by atoms with Crippen LogP contribution in [0.25, 0.3) is 53.6 Å². The van der Waals surface area contributed by atoms with Crippen molar-refractivity contribution >= 4 is 48.6 Å². The van der Waals surface area contributed by atoms with E-state index in [0.717, 1.165) is 17.1 Å². The second-order valence-electron chi connectivity index (χ2n) is 16.7. The number of rotatable bonds is 6. The minimum atomic E-state index is -0.265. The molecule has 0 saturated heterocycles. The van der Waals surface area contributed by atoms with Gasteiger partial charge in [0, 0.05) is 48.1 Å². The first-order chi connectivity index (χ1) is 29.5. The van der Waals surface area contributed by atoms with E-state index < -0.39 is 0 Å². The molecule has 0 spiro atoms. The Kier molecular flexibility index (Phi) is 7.73. The van der Waals surface area contributed by atoms with Crippen molar-refractivity contribution in [1.82, 2.24) is 0 Å². The van der Waals surface area contributed by atoms with E-state index in [1.165, 1.54) is 86.9 Å². The number of anilines is 3. The molecule has 0 aliphatic heterocycles. The third-order valence-electron chi connectivity index (χ3n) is 13.6. The van der Waals surface area contributed by atoms with E-state index in [-0.39, 0.29) is 10.8 Å². The maximum atomic E-state index is 2.48. The molecule has 284 valence electrons. The van der Waals surface area contributed by atoms with Crippen LogP contribution in [0.3, 0.4) is 0 Å². The quantitative estimate of drug-likeness (QED) is 0.162. The average molecular weight is 784 g/mol. The van der Waals surface area contributed by atoms with Gasteiger partial charge in [-0.2, -0.15) is 0 Å². The van der Waals surface area contributed by atoms with Crippen molar-refractivity contribution in [2.45, 2.75) is 24.7 Å². The molecule has 9 aromatic carbocycles. The van der Waals surface area contributed by atoms with Gasteiger partial charge in [0.05, 0.1) is 0 Å². The molecule has 2 unspecified atom stereocenters. The van der Waals surface area contributed by atoms with Crippen LogP contribution in [0.5, 0.6) is 0 Å². The molecule has 1 heterocycles. The van der Waals surface area contributed by atoms with Crippen LogP contribution < -0.4 is 4.90 Å². The fourth-order valence-electron chi connectivity index (χ4n) is 10.7. The highest BCUT2D eigenvalue weighted by molar-refractivity contribution is 7.26. The zero-order valence-corrected chi connectivity index (χ0v) is 34.4. The molecule has 0 bridgehead atoms. The fraction of sp³-hybridized carbons (Fsp3) is 0.0690. The third-order valence-corrected chi connectivity index (χ3v) is 14.9. The standard InChI is InChI=1S/C58H41NS/c1-57(39-18-5-3-6-19-39)51-28-12-9-23-45(51)49-36-42(31-33-53(49)57)59(41-22-15-17-38(35-41)44-26-16-27-48-47-25-11-14-30-55(47)60-56(44)48)43-32-34-54-50(37-43)46-24-10-13-29-52(46)58(54,2)40-20-7-4-8-21-40/h3-37H,1-2H3. The van der Waals surface area contributed by atoms with E-state index in [2.05, 4.69) is 231 Å². The number of fused-ring (bicyclic) bond motifs is 9. The number of hydrogen-bond acceptors (Lipinski definition) is 2. The molecule has 2 atom stereocenters. The summed E-state index contributed by atoms with van der Waals surface area (Å²) in [4.78, 5) is 2.48. The molecule has 0 amide bonds. The Bertz CT molecular complexity index is 3160. The highest BCUT2D eigenvalue weighted by atomic mass is 32.1. The molecule has 2 aliphatic rings. The van der Waals surface area contributed by atoms with E-state index in [0.29, 0.717) is 0 Å². The summed E-state index contributed by atoms with van der Waals surface area (Å²) >= 11 is 1.89. The molecule has 2 aliphatic carbocycles. The van der Waals surface area contributed by atoms with E-state index >= 15 is 0 Å². The Morgan fingerprint density at radius 3 is 1.43 bits per heavy atom. The van der Waals surface area contributed by atoms with Gasteiger partial charge < -0.3 is 4.90 Å². The molecular weight excluding hydrogens is 743 g/mol. The molecule has 0 fully saturated rings. The minimum Gasteiger partial charge on any atom is -0.310 e. The lowest BCUT2D eigenvalue weighted by molar-refractivity contribution is 0.714. The zero-order chi connectivity index (χ0) is 40.0. The second kappa shape index (κ2) is 13.3. The fourth-order valence-corrected chi connectivity index (χ4v) is 11.9. The highest BCUT2D eigenvalue weighted by Gasteiger charge is 2.42. The first-order valence-corrected chi connectivity index (χ1v) is 21.7. The van der Waals surface area contributed by atoms with Crippen molar-refractivity contribution in [2.24, 2.45) is 0 Å². The SMILES string of the molecule is CC1(c2ccccc2)c2ccccc2-c2cc(N(c3cccc(-c4cccc5c4sc4ccccc45)c3)c3ccc4c(c3)-c3ccccc3C4(C)c3ccccc3)ccc21. The lowest BCUT2D eigenvalue weighted by Gasteiger charge is -2.31. The van der Waals surface area contributed by atoms with Crippen molar-refractivity contribution in [1.29, 1.82) is 0 Å². The van der Waals surface area contributed by atoms with Crippen LogP contribution in [0.4, 0.5) is 17.1 Å². The normalized spacial score (nSPS) is 17.3. The summed E-state index contributed by atoms with van der Waals surface area (Å²) in [6, 6.07) is 79.1. The van der Waals surface area contributed by atoms with Crippen molar-refractivity contribution in [3.63, 3.8) is 0 Å². The topological polar surface area (TPSA) is 3.24 Å². The molecular formula is C58H41NS. The average Bonchev–Trinajstić information content (AvgIpc) is 3.91. The lowest BCUT2D eigenvalue weighted by Crippen LogP contribution is -2.22.